The van der Waals surface area contributed by atoms with Crippen molar-refractivity contribution in [2.45, 2.75) is 78.7 Å². The first-order chi connectivity index (χ1) is 11.2. The van der Waals surface area contributed by atoms with Crippen molar-refractivity contribution in [1.29, 1.82) is 0 Å². The number of urea groups is 1. The minimum atomic E-state index is 0. The highest BCUT2D eigenvalue weighted by molar-refractivity contribution is 5.74. The second-order valence-corrected chi connectivity index (χ2v) is 5.91. The highest BCUT2D eigenvalue weighted by Crippen LogP contribution is 2.17. The van der Waals surface area contributed by atoms with E-state index >= 15 is 0 Å². The molecular formula is C18H39N3O2. The Morgan fingerprint density at radius 3 is 2.00 bits per heavy atom. The number of amides is 3. The summed E-state index contributed by atoms with van der Waals surface area (Å²) in [7, 11) is 0. The Morgan fingerprint density at radius 2 is 1.57 bits per heavy atom. The van der Waals surface area contributed by atoms with Gasteiger partial charge in [-0.2, -0.15) is 0 Å². The molecule has 0 atom stereocenters. The van der Waals surface area contributed by atoms with Gasteiger partial charge in [0, 0.05) is 33.6 Å². The highest BCUT2D eigenvalue weighted by atomic mass is 16.2. The monoisotopic (exact) mass is 329 g/mol. The molecule has 5 heteroatoms. The summed E-state index contributed by atoms with van der Waals surface area (Å²) < 4.78 is 0. The third kappa shape index (κ3) is 9.47. The van der Waals surface area contributed by atoms with Crippen molar-refractivity contribution >= 4 is 12.4 Å². The average Bonchev–Trinajstić information content (AvgIpc) is 2.64. The molecule has 1 aliphatic carbocycles. The SMILES string of the molecule is CC.CCCC.O=CN1CCN(C(=O)NC2CCCCC2)CC1.[HH]. The van der Waals surface area contributed by atoms with Crippen molar-refractivity contribution in [2.24, 2.45) is 0 Å². The number of carbonyl (C=O) groups excluding carboxylic acids is 2. The number of nitrogens with zero attached hydrogens (tertiary/aromatic N) is 2. The van der Waals surface area contributed by atoms with Crippen molar-refractivity contribution in [3.05, 3.63) is 0 Å². The summed E-state index contributed by atoms with van der Waals surface area (Å²) in [6, 6.07) is 0.405. The maximum absolute atomic E-state index is 12.0. The molecule has 0 radical (unpaired) electrons. The molecule has 1 saturated carbocycles. The molecule has 138 valence electrons. The molecule has 0 aromatic carbocycles. The van der Waals surface area contributed by atoms with Gasteiger partial charge in [-0.25, -0.2) is 4.79 Å². The van der Waals surface area contributed by atoms with Gasteiger partial charge in [-0.15, -0.1) is 0 Å². The zero-order valence-electron chi connectivity index (χ0n) is 15.6. The second-order valence-electron chi connectivity index (χ2n) is 5.91. The lowest BCUT2D eigenvalue weighted by atomic mass is 9.96. The van der Waals surface area contributed by atoms with Crippen LogP contribution in [0.2, 0.25) is 0 Å². The molecule has 1 N–H and O–H groups in total. The minimum absolute atomic E-state index is 0. The second kappa shape index (κ2) is 14.3. The lowest BCUT2D eigenvalue weighted by Gasteiger charge is -2.34. The van der Waals surface area contributed by atoms with Crippen LogP contribution in [0.1, 0.15) is 74.1 Å². The molecule has 0 aromatic heterocycles. The topological polar surface area (TPSA) is 52.7 Å². The summed E-state index contributed by atoms with van der Waals surface area (Å²) in [5.41, 5.74) is 0. The Morgan fingerprint density at radius 1 is 1.04 bits per heavy atom. The standard InChI is InChI=1S/C12H21N3O2.C4H10.C2H6.H2/c16-10-14-6-8-15(9-7-14)12(17)13-11-4-2-1-3-5-11;1-3-4-2;1-2;/h10-11H,1-9H2,(H,13,17);3-4H2,1-2H3;1-2H3;1H. The van der Waals surface area contributed by atoms with Gasteiger partial charge in [0.25, 0.3) is 0 Å². The molecule has 0 spiro atoms. The quantitative estimate of drug-likeness (QED) is 0.799. The molecule has 1 aliphatic heterocycles. The number of nitrogens with one attached hydrogen (secondary N) is 1. The van der Waals surface area contributed by atoms with Gasteiger partial charge in [0.15, 0.2) is 0 Å². The normalized spacial score (nSPS) is 18.1. The van der Waals surface area contributed by atoms with E-state index in [0.717, 1.165) is 19.3 Å². The maximum Gasteiger partial charge on any atom is 0.317 e. The molecule has 2 rings (SSSR count). The van der Waals surface area contributed by atoms with Crippen LogP contribution in [0.4, 0.5) is 4.79 Å². The van der Waals surface area contributed by atoms with Gasteiger partial charge in [-0.3, -0.25) is 4.79 Å². The smallest absolute Gasteiger partial charge is 0.317 e. The Kier molecular flexibility index (Phi) is 13.6. The van der Waals surface area contributed by atoms with Crippen LogP contribution in [0.25, 0.3) is 0 Å². The Hall–Kier alpha value is -1.26. The van der Waals surface area contributed by atoms with Crippen molar-refractivity contribution < 1.29 is 11.0 Å². The van der Waals surface area contributed by atoms with Crippen LogP contribution in [0.15, 0.2) is 0 Å². The van der Waals surface area contributed by atoms with Gasteiger partial charge in [-0.1, -0.05) is 59.8 Å². The predicted molar refractivity (Wildman–Crippen MR) is 98.7 cm³/mol. The third-order valence-electron chi connectivity index (χ3n) is 4.18. The van der Waals surface area contributed by atoms with Crippen molar-refractivity contribution in [3.8, 4) is 0 Å². The molecule has 1 heterocycles. The fraction of sp³-hybridized carbons (Fsp3) is 0.889. The number of unbranched alkanes of at least 4 members (excludes halogenated alkanes) is 1. The zero-order valence-corrected chi connectivity index (χ0v) is 15.6. The van der Waals surface area contributed by atoms with Gasteiger partial charge in [-0.05, 0) is 12.8 Å². The summed E-state index contributed by atoms with van der Waals surface area (Å²) in [5, 5.41) is 3.10. The fourth-order valence-corrected chi connectivity index (χ4v) is 2.54. The largest absolute Gasteiger partial charge is 0.342 e. The van der Waals surface area contributed by atoms with Gasteiger partial charge in [0.05, 0.1) is 0 Å². The molecular weight excluding hydrogens is 290 g/mol. The Bertz CT molecular complexity index is 301. The highest BCUT2D eigenvalue weighted by Gasteiger charge is 2.22. The molecule has 0 aromatic rings. The lowest BCUT2D eigenvalue weighted by molar-refractivity contribution is -0.119. The first kappa shape index (κ1) is 21.7. The van der Waals surface area contributed by atoms with E-state index < -0.39 is 0 Å². The van der Waals surface area contributed by atoms with Crippen LogP contribution in [0.5, 0.6) is 0 Å². The van der Waals surface area contributed by atoms with Crippen molar-refractivity contribution in [3.63, 3.8) is 0 Å². The van der Waals surface area contributed by atoms with Gasteiger partial charge in [0.1, 0.15) is 0 Å². The molecule has 1 saturated heterocycles. The van der Waals surface area contributed by atoms with E-state index in [4.69, 9.17) is 0 Å². The molecule has 2 aliphatic rings. The fourth-order valence-electron chi connectivity index (χ4n) is 2.54. The lowest BCUT2D eigenvalue weighted by Crippen LogP contribution is -2.53. The van der Waals surface area contributed by atoms with Gasteiger partial charge < -0.3 is 15.1 Å². The van der Waals surface area contributed by atoms with Crippen molar-refractivity contribution in [2.75, 3.05) is 26.2 Å². The maximum atomic E-state index is 12.0. The van der Waals surface area contributed by atoms with Crippen LogP contribution < -0.4 is 5.32 Å². The number of hydrogen-bond acceptors (Lipinski definition) is 2. The molecule has 23 heavy (non-hydrogen) atoms. The first-order valence-corrected chi connectivity index (χ1v) is 9.46. The van der Waals surface area contributed by atoms with E-state index in [1.165, 1.54) is 32.1 Å². The molecule has 2 fully saturated rings. The average molecular weight is 330 g/mol. The van der Waals surface area contributed by atoms with Crippen molar-refractivity contribution in [1.82, 2.24) is 15.1 Å². The molecule has 0 unspecified atom stereocenters. The molecule has 3 amide bonds. The van der Waals surface area contributed by atoms with Crippen LogP contribution in [-0.2, 0) is 4.79 Å². The van der Waals surface area contributed by atoms with Crippen LogP contribution in [-0.4, -0.2) is 54.5 Å². The third-order valence-corrected chi connectivity index (χ3v) is 4.18. The van der Waals surface area contributed by atoms with Crippen LogP contribution in [0.3, 0.4) is 0 Å². The summed E-state index contributed by atoms with van der Waals surface area (Å²) in [4.78, 5) is 26.1. The van der Waals surface area contributed by atoms with E-state index in [2.05, 4.69) is 19.2 Å². The Labute approximate surface area is 144 Å². The molecule has 0 bridgehead atoms. The number of hydrogen-bond donors (Lipinski definition) is 1. The summed E-state index contributed by atoms with van der Waals surface area (Å²) >= 11 is 0. The van der Waals surface area contributed by atoms with E-state index in [1.807, 2.05) is 18.7 Å². The minimum Gasteiger partial charge on any atom is -0.342 e. The number of piperazine rings is 1. The van der Waals surface area contributed by atoms with E-state index in [9.17, 15) is 9.59 Å². The summed E-state index contributed by atoms with van der Waals surface area (Å²) in [6.45, 7) is 11.0. The number of rotatable bonds is 3. The predicted octanol–water partition coefficient (Wildman–Crippen LogP) is 3.88. The molecule has 5 nitrogen and oxygen atoms in total. The van der Waals surface area contributed by atoms with E-state index in [-0.39, 0.29) is 7.46 Å². The summed E-state index contributed by atoms with van der Waals surface area (Å²) in [5.74, 6) is 0. The Balaban J connectivity index is 0. The van der Waals surface area contributed by atoms with Crippen LogP contribution in [0, 0.1) is 0 Å². The summed E-state index contributed by atoms with van der Waals surface area (Å²) in [6.07, 6.45) is 9.47. The zero-order chi connectivity index (χ0) is 17.5. The van der Waals surface area contributed by atoms with Gasteiger partial charge in [0.2, 0.25) is 6.41 Å². The van der Waals surface area contributed by atoms with Gasteiger partial charge >= 0.3 is 6.03 Å². The van der Waals surface area contributed by atoms with E-state index in [0.29, 0.717) is 32.2 Å². The number of carbonyl (C=O) groups is 2. The van der Waals surface area contributed by atoms with E-state index in [1.54, 1.807) is 4.90 Å². The first-order valence-electron chi connectivity index (χ1n) is 9.46. The van der Waals surface area contributed by atoms with Crippen LogP contribution >= 0.6 is 0 Å².